The van der Waals surface area contributed by atoms with Gasteiger partial charge in [0, 0.05) is 11.6 Å². The van der Waals surface area contributed by atoms with Gasteiger partial charge in [0.2, 0.25) is 11.8 Å². The lowest BCUT2D eigenvalue weighted by molar-refractivity contribution is -0.130. The number of anilines is 1. The van der Waals surface area contributed by atoms with Crippen molar-refractivity contribution in [1.29, 1.82) is 0 Å². The van der Waals surface area contributed by atoms with Crippen LogP contribution in [0.4, 0.5) is 5.69 Å². The van der Waals surface area contributed by atoms with E-state index in [-0.39, 0.29) is 17.7 Å². The first-order valence-electron chi connectivity index (χ1n) is 10.1. The fraction of sp³-hybridized carbons (Fsp3) is 0.636. The molecule has 0 radical (unpaired) electrons. The average Bonchev–Trinajstić information content (AvgIpc) is 2.62. The molecule has 1 unspecified atom stereocenters. The van der Waals surface area contributed by atoms with E-state index in [0.29, 0.717) is 18.3 Å². The van der Waals surface area contributed by atoms with Crippen molar-refractivity contribution >= 4 is 17.5 Å². The predicted octanol–water partition coefficient (Wildman–Crippen LogP) is 4.86. The molecule has 1 saturated carbocycles. The predicted molar refractivity (Wildman–Crippen MR) is 107 cm³/mol. The molecule has 1 atom stereocenters. The number of nitrogens with one attached hydrogen (secondary N) is 2. The molecular weight excluding hydrogens is 324 g/mol. The van der Waals surface area contributed by atoms with Gasteiger partial charge in [-0.2, -0.15) is 0 Å². The Hall–Kier alpha value is -1.84. The van der Waals surface area contributed by atoms with Crippen LogP contribution in [-0.4, -0.2) is 17.9 Å². The molecule has 26 heavy (non-hydrogen) atoms. The minimum Gasteiger partial charge on any atom is -0.344 e. The van der Waals surface area contributed by atoms with Crippen molar-refractivity contribution in [3.63, 3.8) is 0 Å². The smallest absolute Gasteiger partial charge is 0.246 e. The Morgan fingerprint density at radius 3 is 2.15 bits per heavy atom. The Morgan fingerprint density at radius 2 is 1.62 bits per heavy atom. The lowest BCUT2D eigenvalue weighted by atomic mass is 9.88. The molecule has 1 aliphatic rings. The molecule has 0 saturated heterocycles. The standard InChI is InChI=1S/C22H34N2O2/c1-15(2)14-20(24-21(25)18-8-6-5-7-9-18)22(26)23-19-12-10-17(11-13-19)16(3)4/h10-13,15-16,18,20H,5-9,14H2,1-4H3,(H,23,26)(H,24,25). The number of benzene rings is 1. The zero-order valence-electron chi connectivity index (χ0n) is 16.7. The molecule has 0 bridgehead atoms. The fourth-order valence-corrected chi connectivity index (χ4v) is 3.54. The quantitative estimate of drug-likeness (QED) is 0.731. The van der Waals surface area contributed by atoms with Crippen molar-refractivity contribution < 1.29 is 9.59 Å². The monoisotopic (exact) mass is 358 g/mol. The maximum Gasteiger partial charge on any atom is 0.246 e. The van der Waals surface area contributed by atoms with E-state index in [4.69, 9.17) is 0 Å². The number of hydrogen-bond acceptors (Lipinski definition) is 2. The summed E-state index contributed by atoms with van der Waals surface area (Å²) >= 11 is 0. The van der Waals surface area contributed by atoms with Gasteiger partial charge in [-0.1, -0.05) is 59.1 Å². The third kappa shape index (κ3) is 6.15. The Kier molecular flexibility index (Phi) is 7.67. The maximum absolute atomic E-state index is 12.8. The van der Waals surface area contributed by atoms with Gasteiger partial charge in [0.1, 0.15) is 6.04 Å². The highest BCUT2D eigenvalue weighted by Crippen LogP contribution is 2.24. The van der Waals surface area contributed by atoms with Crippen LogP contribution in [0.15, 0.2) is 24.3 Å². The Morgan fingerprint density at radius 1 is 1.00 bits per heavy atom. The van der Waals surface area contributed by atoms with Crippen LogP contribution in [0, 0.1) is 11.8 Å². The van der Waals surface area contributed by atoms with Crippen LogP contribution in [-0.2, 0) is 9.59 Å². The highest BCUT2D eigenvalue weighted by Gasteiger charge is 2.27. The summed E-state index contributed by atoms with van der Waals surface area (Å²) in [5.74, 6) is 0.779. The van der Waals surface area contributed by atoms with Crippen LogP contribution in [0.3, 0.4) is 0 Å². The van der Waals surface area contributed by atoms with E-state index in [9.17, 15) is 9.59 Å². The molecule has 0 aromatic heterocycles. The van der Waals surface area contributed by atoms with Gasteiger partial charge in [-0.25, -0.2) is 0 Å². The normalized spacial score (nSPS) is 16.5. The summed E-state index contributed by atoms with van der Waals surface area (Å²) < 4.78 is 0. The maximum atomic E-state index is 12.8. The lowest BCUT2D eigenvalue weighted by Gasteiger charge is -2.25. The Labute approximate surface area is 158 Å². The number of carbonyl (C=O) groups excluding carboxylic acids is 2. The second-order valence-electron chi connectivity index (χ2n) is 8.29. The van der Waals surface area contributed by atoms with Gasteiger partial charge >= 0.3 is 0 Å². The summed E-state index contributed by atoms with van der Waals surface area (Å²) in [6.07, 6.45) is 5.97. The van der Waals surface area contributed by atoms with E-state index in [2.05, 4.69) is 38.3 Å². The van der Waals surface area contributed by atoms with E-state index < -0.39 is 6.04 Å². The second-order valence-corrected chi connectivity index (χ2v) is 8.29. The largest absolute Gasteiger partial charge is 0.344 e. The molecule has 0 aliphatic heterocycles. The van der Waals surface area contributed by atoms with E-state index >= 15 is 0 Å². The summed E-state index contributed by atoms with van der Waals surface area (Å²) in [5.41, 5.74) is 2.02. The molecule has 2 amide bonds. The van der Waals surface area contributed by atoms with Gasteiger partial charge < -0.3 is 10.6 Å². The Bertz CT molecular complexity index is 587. The number of rotatable bonds is 7. The van der Waals surface area contributed by atoms with Crippen molar-refractivity contribution in [3.8, 4) is 0 Å². The molecule has 2 rings (SSSR count). The van der Waals surface area contributed by atoms with Gasteiger partial charge in [0.05, 0.1) is 0 Å². The van der Waals surface area contributed by atoms with Gasteiger partial charge in [-0.3, -0.25) is 9.59 Å². The molecule has 4 nitrogen and oxygen atoms in total. The lowest BCUT2D eigenvalue weighted by Crippen LogP contribution is -2.47. The summed E-state index contributed by atoms with van der Waals surface area (Å²) in [6, 6.07) is 7.47. The molecule has 0 spiro atoms. The van der Waals surface area contributed by atoms with E-state index in [1.165, 1.54) is 12.0 Å². The molecular formula is C22H34N2O2. The van der Waals surface area contributed by atoms with Crippen LogP contribution >= 0.6 is 0 Å². The summed E-state index contributed by atoms with van der Waals surface area (Å²) in [4.78, 5) is 25.3. The van der Waals surface area contributed by atoms with Crippen LogP contribution in [0.2, 0.25) is 0 Å². The van der Waals surface area contributed by atoms with Gasteiger partial charge in [-0.05, 0) is 48.8 Å². The number of amides is 2. The average molecular weight is 359 g/mol. The first-order chi connectivity index (χ1) is 12.4. The molecule has 4 heteroatoms. The molecule has 1 aliphatic carbocycles. The highest BCUT2D eigenvalue weighted by molar-refractivity contribution is 5.97. The van der Waals surface area contributed by atoms with Crippen LogP contribution in [0.1, 0.15) is 77.7 Å². The van der Waals surface area contributed by atoms with Crippen molar-refractivity contribution in [3.05, 3.63) is 29.8 Å². The van der Waals surface area contributed by atoms with Crippen molar-refractivity contribution in [2.75, 3.05) is 5.32 Å². The Balaban J connectivity index is 2.00. The molecule has 0 heterocycles. The zero-order chi connectivity index (χ0) is 19.1. The summed E-state index contributed by atoms with van der Waals surface area (Å²) in [5, 5.41) is 5.98. The third-order valence-electron chi connectivity index (χ3n) is 5.16. The van der Waals surface area contributed by atoms with Crippen molar-refractivity contribution in [2.45, 2.75) is 78.2 Å². The van der Waals surface area contributed by atoms with Gasteiger partial charge in [-0.15, -0.1) is 0 Å². The van der Waals surface area contributed by atoms with E-state index in [1.54, 1.807) is 0 Å². The number of hydrogen-bond donors (Lipinski definition) is 2. The van der Waals surface area contributed by atoms with Crippen LogP contribution in [0.25, 0.3) is 0 Å². The summed E-state index contributed by atoms with van der Waals surface area (Å²) in [6.45, 7) is 8.44. The minimum absolute atomic E-state index is 0.0423. The first kappa shape index (κ1) is 20.5. The zero-order valence-corrected chi connectivity index (χ0v) is 16.7. The topological polar surface area (TPSA) is 58.2 Å². The van der Waals surface area contributed by atoms with Crippen LogP contribution < -0.4 is 10.6 Å². The minimum atomic E-state index is -0.478. The van der Waals surface area contributed by atoms with Crippen molar-refractivity contribution in [2.24, 2.45) is 11.8 Å². The number of carbonyl (C=O) groups is 2. The molecule has 2 N–H and O–H groups in total. The summed E-state index contributed by atoms with van der Waals surface area (Å²) in [7, 11) is 0. The van der Waals surface area contributed by atoms with E-state index in [0.717, 1.165) is 31.4 Å². The van der Waals surface area contributed by atoms with E-state index in [1.807, 2.05) is 24.3 Å². The SMILES string of the molecule is CC(C)CC(NC(=O)C1CCCCC1)C(=O)Nc1ccc(C(C)C)cc1. The van der Waals surface area contributed by atoms with Gasteiger partial charge in [0.25, 0.3) is 0 Å². The second kappa shape index (κ2) is 9.75. The third-order valence-corrected chi connectivity index (χ3v) is 5.16. The van der Waals surface area contributed by atoms with Crippen molar-refractivity contribution in [1.82, 2.24) is 5.32 Å². The van der Waals surface area contributed by atoms with Gasteiger partial charge in [0.15, 0.2) is 0 Å². The molecule has 1 aromatic carbocycles. The fourth-order valence-electron chi connectivity index (χ4n) is 3.54. The molecule has 1 aromatic rings. The molecule has 1 fully saturated rings. The molecule has 144 valence electrons. The highest BCUT2D eigenvalue weighted by atomic mass is 16.2. The van der Waals surface area contributed by atoms with Crippen LogP contribution in [0.5, 0.6) is 0 Å². The first-order valence-corrected chi connectivity index (χ1v) is 10.1.